The molecule has 0 N–H and O–H groups in total. The highest BCUT2D eigenvalue weighted by molar-refractivity contribution is 6.70. The van der Waals surface area contributed by atoms with Gasteiger partial charge in [0.25, 0.3) is 0 Å². The fourth-order valence-electron chi connectivity index (χ4n) is 6.55. The Morgan fingerprint density at radius 3 is 2.39 bits per heavy atom. The number of benzene rings is 1. The van der Waals surface area contributed by atoms with Crippen LogP contribution in [0, 0.1) is 17.3 Å². The average molecular weight is 460 g/mol. The predicted molar refractivity (Wildman–Crippen MR) is 133 cm³/mol. The van der Waals surface area contributed by atoms with E-state index >= 15 is 0 Å². The van der Waals surface area contributed by atoms with Crippen LogP contribution in [-0.4, -0.2) is 29.5 Å². The number of hydrogen-bond donors (Lipinski definition) is 0. The first-order valence-electron chi connectivity index (χ1n) is 12.0. The Kier molecular flexibility index (Phi) is 5.97. The van der Waals surface area contributed by atoms with Gasteiger partial charge in [-0.3, -0.25) is 0 Å². The van der Waals surface area contributed by atoms with Crippen LogP contribution in [0.2, 0.25) is 39.3 Å². The molecule has 0 unspecified atom stereocenters. The molecule has 5 atom stereocenters. The summed E-state index contributed by atoms with van der Waals surface area (Å²) in [4.78, 5) is 5.23. The second kappa shape index (κ2) is 8.03. The minimum Gasteiger partial charge on any atom is -0.544 e. The minimum atomic E-state index is -1.69. The molecule has 4 nitrogen and oxygen atoms in total. The van der Waals surface area contributed by atoms with Gasteiger partial charge in [-0.1, -0.05) is 18.1 Å². The summed E-state index contributed by atoms with van der Waals surface area (Å²) in [6.45, 7) is 16.1. The molecule has 0 radical (unpaired) electrons. The van der Waals surface area contributed by atoms with Crippen molar-refractivity contribution in [3.63, 3.8) is 0 Å². The molecule has 1 aromatic rings. The molecule has 0 saturated heterocycles. The van der Waals surface area contributed by atoms with E-state index in [0.29, 0.717) is 17.8 Å². The van der Waals surface area contributed by atoms with E-state index < -0.39 is 16.6 Å². The van der Waals surface area contributed by atoms with E-state index in [-0.39, 0.29) is 11.5 Å². The van der Waals surface area contributed by atoms with E-state index in [1.165, 1.54) is 36.1 Å². The van der Waals surface area contributed by atoms with Crippen molar-refractivity contribution in [3.05, 3.63) is 29.3 Å². The van der Waals surface area contributed by atoms with Crippen LogP contribution < -0.4 is 4.43 Å². The molecule has 0 amide bonds. The number of rotatable bonds is 5. The normalized spacial score (nSPS) is 34.1. The Labute approximate surface area is 191 Å². The highest BCUT2D eigenvalue weighted by Crippen LogP contribution is 2.62. The maximum Gasteiger partial charge on any atom is 0.242 e. The van der Waals surface area contributed by atoms with Crippen LogP contribution in [0.4, 0.5) is 0 Å². The van der Waals surface area contributed by atoms with Gasteiger partial charge in [0.1, 0.15) is 12.9 Å². The first-order valence-corrected chi connectivity index (χ1v) is 18.8. The summed E-state index contributed by atoms with van der Waals surface area (Å²) < 4.78 is 13.2. The zero-order valence-electron chi connectivity index (χ0n) is 20.7. The number of fused-ring (bicyclic) bond motifs is 5. The lowest BCUT2D eigenvalue weighted by Crippen LogP contribution is -2.44. The third-order valence-corrected chi connectivity index (χ3v) is 9.43. The summed E-state index contributed by atoms with van der Waals surface area (Å²) >= 11 is 0. The molecule has 1 aromatic carbocycles. The molecule has 0 bridgehead atoms. The summed E-state index contributed by atoms with van der Waals surface area (Å²) in [6, 6.07) is 6.89. The minimum absolute atomic E-state index is 0.180. The molecule has 2 saturated carbocycles. The van der Waals surface area contributed by atoms with Crippen LogP contribution in [-0.2, 0) is 9.26 Å². The van der Waals surface area contributed by atoms with E-state index in [4.69, 9.17) is 13.7 Å². The summed E-state index contributed by atoms with van der Waals surface area (Å²) in [7, 11) is -1.65. The van der Waals surface area contributed by atoms with Crippen molar-refractivity contribution in [2.75, 3.05) is 7.11 Å². The quantitative estimate of drug-likeness (QED) is 0.348. The first-order chi connectivity index (χ1) is 14.4. The maximum absolute atomic E-state index is 6.83. The Morgan fingerprint density at radius 2 is 1.74 bits per heavy atom. The largest absolute Gasteiger partial charge is 0.544 e. The van der Waals surface area contributed by atoms with Crippen molar-refractivity contribution in [3.8, 4) is 5.75 Å². The number of nitrogens with zero attached hydrogens (tertiary/aromatic N) is 1. The van der Waals surface area contributed by atoms with E-state index in [1.54, 1.807) is 7.11 Å². The molecule has 172 valence electrons. The predicted octanol–water partition coefficient (Wildman–Crippen LogP) is 7.11. The average Bonchev–Trinajstić information content (AvgIpc) is 2.96. The van der Waals surface area contributed by atoms with E-state index in [2.05, 4.69) is 69.6 Å². The van der Waals surface area contributed by atoms with Crippen LogP contribution in [0.5, 0.6) is 5.75 Å². The van der Waals surface area contributed by atoms with Gasteiger partial charge in [0.15, 0.2) is 8.32 Å². The fourth-order valence-corrected chi connectivity index (χ4v) is 8.46. The lowest BCUT2D eigenvalue weighted by molar-refractivity contribution is 0.0440. The second-order valence-corrected chi connectivity index (χ2v) is 20.9. The standard InChI is InChI=1S/C25H41NO3Si2/c1-25-14-13-19-18-10-9-17(28-30(3,4)5)15-21(18)23(29-31(6,7)8)16-20(19)22(25)11-12-24(25)26-27-2/h9-10,15,19-20,22-23H,11-14,16H2,1-8H3/b26-24-/t19-,20-,22+,23-,25+/m1/s1. The van der Waals surface area contributed by atoms with E-state index in [9.17, 15) is 0 Å². The van der Waals surface area contributed by atoms with Gasteiger partial charge in [0.2, 0.25) is 8.32 Å². The fraction of sp³-hybridized carbons (Fsp3) is 0.720. The van der Waals surface area contributed by atoms with E-state index in [0.717, 1.165) is 18.6 Å². The van der Waals surface area contributed by atoms with Gasteiger partial charge in [0.05, 0.1) is 11.8 Å². The summed E-state index contributed by atoms with van der Waals surface area (Å²) in [6.07, 6.45) is 6.03. The van der Waals surface area contributed by atoms with E-state index in [1.807, 2.05) is 0 Å². The molecule has 0 heterocycles. The van der Waals surface area contributed by atoms with Gasteiger partial charge < -0.3 is 13.7 Å². The van der Waals surface area contributed by atoms with Gasteiger partial charge in [-0.05, 0) is 112 Å². The third kappa shape index (κ3) is 4.53. The van der Waals surface area contributed by atoms with Crippen LogP contribution >= 0.6 is 0 Å². The molecule has 31 heavy (non-hydrogen) atoms. The second-order valence-electron chi connectivity index (χ2n) is 12.1. The SMILES string of the molecule is CO/N=C1/CC[C@H]2[C@@H]3C[C@@H](O[Si](C)(C)C)c4cc(O[Si](C)(C)C)ccc4[C@H]3CC[C@]12C. The van der Waals surface area contributed by atoms with Crippen LogP contribution in [0.15, 0.2) is 23.4 Å². The van der Waals surface area contributed by atoms with Crippen molar-refractivity contribution >= 4 is 22.3 Å². The van der Waals surface area contributed by atoms with Gasteiger partial charge in [0, 0.05) is 5.41 Å². The molecule has 0 aliphatic heterocycles. The van der Waals surface area contributed by atoms with Crippen molar-refractivity contribution in [2.24, 2.45) is 22.4 Å². The molecule has 0 spiro atoms. The monoisotopic (exact) mass is 459 g/mol. The first kappa shape index (κ1) is 23.1. The van der Waals surface area contributed by atoms with Gasteiger partial charge in [-0.25, -0.2) is 0 Å². The maximum atomic E-state index is 6.83. The number of hydrogen-bond acceptors (Lipinski definition) is 4. The molecule has 3 aliphatic carbocycles. The molecule has 4 rings (SSSR count). The van der Waals surface area contributed by atoms with Gasteiger partial charge >= 0.3 is 0 Å². The Morgan fingerprint density at radius 1 is 1.00 bits per heavy atom. The van der Waals surface area contributed by atoms with Gasteiger partial charge in [-0.15, -0.1) is 0 Å². The molecular weight excluding hydrogens is 418 g/mol. The van der Waals surface area contributed by atoms with Crippen molar-refractivity contribution in [1.82, 2.24) is 0 Å². The summed E-state index contributed by atoms with van der Waals surface area (Å²) in [5, 5.41) is 4.47. The lowest BCUT2D eigenvalue weighted by atomic mass is 9.55. The van der Waals surface area contributed by atoms with Crippen molar-refractivity contribution in [1.29, 1.82) is 0 Å². The van der Waals surface area contributed by atoms with Crippen LogP contribution in [0.1, 0.15) is 62.2 Å². The molecule has 2 fully saturated rings. The molecule has 3 aliphatic rings. The van der Waals surface area contributed by atoms with Crippen LogP contribution in [0.3, 0.4) is 0 Å². The Hall–Kier alpha value is -1.12. The Bertz CT molecular complexity index is 857. The molecule has 6 heteroatoms. The lowest BCUT2D eigenvalue weighted by Gasteiger charge is -2.51. The topological polar surface area (TPSA) is 40.0 Å². The smallest absolute Gasteiger partial charge is 0.242 e. The summed E-state index contributed by atoms with van der Waals surface area (Å²) in [5.41, 5.74) is 4.37. The van der Waals surface area contributed by atoms with Gasteiger partial charge in [-0.2, -0.15) is 0 Å². The van der Waals surface area contributed by atoms with Crippen molar-refractivity contribution in [2.45, 2.75) is 90.3 Å². The van der Waals surface area contributed by atoms with Crippen molar-refractivity contribution < 1.29 is 13.7 Å². The Balaban J connectivity index is 1.72. The highest BCUT2D eigenvalue weighted by atomic mass is 28.4. The zero-order chi connectivity index (χ0) is 22.6. The van der Waals surface area contributed by atoms with Crippen LogP contribution in [0.25, 0.3) is 0 Å². The highest BCUT2D eigenvalue weighted by Gasteiger charge is 2.55. The zero-order valence-corrected chi connectivity index (χ0v) is 22.7. The number of oxime groups is 1. The summed E-state index contributed by atoms with van der Waals surface area (Å²) in [5.74, 6) is 2.97. The molecule has 0 aromatic heterocycles. The third-order valence-electron chi connectivity index (χ3n) is 7.59. The molecular formula is C25H41NO3Si2.